The molecule has 0 spiro atoms. The molecule has 0 amide bonds. The van der Waals surface area contributed by atoms with Crippen LogP contribution in [0.15, 0.2) is 40.5 Å². The highest BCUT2D eigenvalue weighted by molar-refractivity contribution is 7.99. The van der Waals surface area contributed by atoms with Gasteiger partial charge in [-0.3, -0.25) is 0 Å². The van der Waals surface area contributed by atoms with Crippen molar-refractivity contribution in [3.8, 4) is 0 Å². The maximum Gasteiger partial charge on any atom is 0.117 e. The number of fused-ring (bicyclic) bond motifs is 1. The molecule has 0 saturated heterocycles. The number of aliphatic hydroxyl groups is 1. The first kappa shape index (κ1) is 11.7. The zero-order valence-corrected chi connectivity index (χ0v) is 10.8. The number of benzene rings is 1. The number of aromatic nitrogens is 2. The normalized spacial score (nSPS) is 13.6. The third-order valence-electron chi connectivity index (χ3n) is 3.16. The van der Waals surface area contributed by atoms with E-state index in [0.29, 0.717) is 0 Å². The average molecular weight is 258 g/mol. The number of rotatable bonds is 3. The average Bonchev–Trinajstić information content (AvgIpc) is 2.89. The number of hydrogen-bond donors (Lipinski definition) is 1. The van der Waals surface area contributed by atoms with Crippen molar-refractivity contribution in [3.05, 3.63) is 47.4 Å². The monoisotopic (exact) mass is 258 g/mol. The van der Waals surface area contributed by atoms with Gasteiger partial charge in [0.05, 0.1) is 6.61 Å². The second-order valence-electron chi connectivity index (χ2n) is 4.36. The Morgan fingerprint density at radius 2 is 1.94 bits per heavy atom. The van der Waals surface area contributed by atoms with E-state index in [9.17, 15) is 0 Å². The molecule has 0 saturated carbocycles. The van der Waals surface area contributed by atoms with E-state index < -0.39 is 0 Å². The van der Waals surface area contributed by atoms with Crippen molar-refractivity contribution in [2.75, 3.05) is 0 Å². The lowest BCUT2D eigenvalue weighted by atomic mass is 10.2. The lowest BCUT2D eigenvalue weighted by Crippen LogP contribution is -1.93. The molecule has 3 nitrogen and oxygen atoms in total. The highest BCUT2D eigenvalue weighted by atomic mass is 32.2. The Morgan fingerprint density at radius 1 is 1.11 bits per heavy atom. The molecule has 1 aliphatic carbocycles. The fraction of sp³-hybridized carbons (Fsp3) is 0.286. The predicted molar refractivity (Wildman–Crippen MR) is 70.5 cm³/mol. The minimum absolute atomic E-state index is 0.0911. The van der Waals surface area contributed by atoms with Gasteiger partial charge < -0.3 is 5.11 Å². The molecular weight excluding hydrogens is 244 g/mol. The SMILES string of the molecule is OCc1ccc(Sc2ncnc3c2CCC3)cc1. The molecule has 0 bridgehead atoms. The van der Waals surface area contributed by atoms with Crippen LogP contribution >= 0.6 is 11.8 Å². The molecule has 0 atom stereocenters. The van der Waals surface area contributed by atoms with Gasteiger partial charge in [0.25, 0.3) is 0 Å². The molecule has 0 fully saturated rings. The van der Waals surface area contributed by atoms with E-state index in [1.54, 1.807) is 18.1 Å². The molecule has 18 heavy (non-hydrogen) atoms. The van der Waals surface area contributed by atoms with Crippen molar-refractivity contribution in [3.63, 3.8) is 0 Å². The van der Waals surface area contributed by atoms with Gasteiger partial charge in [0.2, 0.25) is 0 Å². The summed E-state index contributed by atoms with van der Waals surface area (Å²) in [5.74, 6) is 0. The van der Waals surface area contributed by atoms with E-state index in [1.165, 1.54) is 17.7 Å². The molecule has 0 unspecified atom stereocenters. The largest absolute Gasteiger partial charge is 0.392 e. The van der Waals surface area contributed by atoms with Crippen LogP contribution in [0.2, 0.25) is 0 Å². The molecule has 1 aromatic carbocycles. The van der Waals surface area contributed by atoms with E-state index in [4.69, 9.17) is 5.11 Å². The van der Waals surface area contributed by atoms with Crippen molar-refractivity contribution in [2.24, 2.45) is 0 Å². The molecule has 1 aromatic heterocycles. The molecular formula is C14H14N2OS. The molecule has 3 rings (SSSR count). The topological polar surface area (TPSA) is 46.0 Å². The van der Waals surface area contributed by atoms with E-state index in [0.717, 1.165) is 28.3 Å². The summed E-state index contributed by atoms with van der Waals surface area (Å²) in [5, 5.41) is 10.1. The van der Waals surface area contributed by atoms with Crippen molar-refractivity contribution >= 4 is 11.8 Å². The van der Waals surface area contributed by atoms with Gasteiger partial charge in [0.1, 0.15) is 11.4 Å². The minimum atomic E-state index is 0.0911. The van der Waals surface area contributed by atoms with Crippen LogP contribution in [0.5, 0.6) is 0 Å². The van der Waals surface area contributed by atoms with Crippen molar-refractivity contribution in [1.29, 1.82) is 0 Å². The first-order valence-electron chi connectivity index (χ1n) is 6.07. The quantitative estimate of drug-likeness (QED) is 0.860. The maximum atomic E-state index is 9.02. The summed E-state index contributed by atoms with van der Waals surface area (Å²) in [6, 6.07) is 7.95. The Morgan fingerprint density at radius 3 is 2.72 bits per heavy atom. The molecule has 2 aromatic rings. The summed E-state index contributed by atoms with van der Waals surface area (Å²) in [5.41, 5.74) is 3.46. The first-order chi connectivity index (χ1) is 8.86. The zero-order valence-electron chi connectivity index (χ0n) is 9.97. The van der Waals surface area contributed by atoms with Gasteiger partial charge in [-0.15, -0.1) is 0 Å². The van der Waals surface area contributed by atoms with Crippen LogP contribution in [0.3, 0.4) is 0 Å². The maximum absolute atomic E-state index is 9.02. The minimum Gasteiger partial charge on any atom is -0.392 e. The summed E-state index contributed by atoms with van der Waals surface area (Å²) in [7, 11) is 0. The molecule has 0 aliphatic heterocycles. The lowest BCUT2D eigenvalue weighted by Gasteiger charge is -2.06. The van der Waals surface area contributed by atoms with Crippen LogP contribution in [0, 0.1) is 0 Å². The number of hydrogen-bond acceptors (Lipinski definition) is 4. The zero-order chi connectivity index (χ0) is 12.4. The van der Waals surface area contributed by atoms with Crippen LogP contribution in [-0.4, -0.2) is 15.1 Å². The van der Waals surface area contributed by atoms with Gasteiger partial charge in [0.15, 0.2) is 0 Å². The Kier molecular flexibility index (Phi) is 3.30. The predicted octanol–water partition coefficient (Wildman–Crippen LogP) is 2.61. The third kappa shape index (κ3) is 2.26. The molecule has 92 valence electrons. The van der Waals surface area contributed by atoms with Crippen LogP contribution in [0.1, 0.15) is 23.2 Å². The fourth-order valence-corrected chi connectivity index (χ4v) is 3.13. The second-order valence-corrected chi connectivity index (χ2v) is 5.42. The Balaban J connectivity index is 1.86. The van der Waals surface area contributed by atoms with Crippen molar-refractivity contribution in [1.82, 2.24) is 9.97 Å². The van der Waals surface area contributed by atoms with Gasteiger partial charge in [-0.1, -0.05) is 23.9 Å². The van der Waals surface area contributed by atoms with E-state index in [-0.39, 0.29) is 6.61 Å². The number of aliphatic hydroxyl groups excluding tert-OH is 1. The fourth-order valence-electron chi connectivity index (χ4n) is 2.19. The van der Waals surface area contributed by atoms with E-state index in [1.807, 2.05) is 24.3 Å². The van der Waals surface area contributed by atoms with Crippen molar-refractivity contribution in [2.45, 2.75) is 35.8 Å². The Hall–Kier alpha value is -1.39. The molecule has 1 heterocycles. The van der Waals surface area contributed by atoms with E-state index in [2.05, 4.69) is 9.97 Å². The van der Waals surface area contributed by atoms with Crippen LogP contribution in [0.4, 0.5) is 0 Å². The summed E-state index contributed by atoms with van der Waals surface area (Å²) in [4.78, 5) is 9.87. The number of aryl methyl sites for hydroxylation is 1. The van der Waals surface area contributed by atoms with Gasteiger partial charge in [0, 0.05) is 16.2 Å². The summed E-state index contributed by atoms with van der Waals surface area (Å²) in [6.07, 6.45) is 5.02. The highest BCUT2D eigenvalue weighted by Gasteiger charge is 2.17. The lowest BCUT2D eigenvalue weighted by molar-refractivity contribution is 0.282. The molecule has 0 radical (unpaired) electrons. The smallest absolute Gasteiger partial charge is 0.117 e. The number of nitrogens with zero attached hydrogens (tertiary/aromatic N) is 2. The summed E-state index contributed by atoms with van der Waals surface area (Å²) < 4.78 is 0. The van der Waals surface area contributed by atoms with Crippen LogP contribution in [0.25, 0.3) is 0 Å². The van der Waals surface area contributed by atoms with Gasteiger partial charge in [-0.2, -0.15) is 0 Å². The van der Waals surface area contributed by atoms with Crippen LogP contribution in [-0.2, 0) is 19.4 Å². The molecule has 1 N–H and O–H groups in total. The summed E-state index contributed by atoms with van der Waals surface area (Å²) in [6.45, 7) is 0.0911. The van der Waals surface area contributed by atoms with Gasteiger partial charge in [-0.25, -0.2) is 9.97 Å². The third-order valence-corrected chi connectivity index (χ3v) is 4.21. The van der Waals surface area contributed by atoms with Gasteiger partial charge in [-0.05, 0) is 37.0 Å². The van der Waals surface area contributed by atoms with Crippen LogP contribution < -0.4 is 0 Å². The van der Waals surface area contributed by atoms with Gasteiger partial charge >= 0.3 is 0 Å². The van der Waals surface area contributed by atoms with Crippen molar-refractivity contribution < 1.29 is 5.11 Å². The Bertz CT molecular complexity index is 554. The first-order valence-corrected chi connectivity index (χ1v) is 6.89. The molecule has 1 aliphatic rings. The molecule has 4 heteroatoms. The second kappa shape index (κ2) is 5.08. The standard InChI is InChI=1S/C14H14N2OS/c17-8-10-4-6-11(7-5-10)18-14-12-2-1-3-13(12)15-9-16-14/h4-7,9,17H,1-3,8H2. The van der Waals surface area contributed by atoms with E-state index >= 15 is 0 Å². The summed E-state index contributed by atoms with van der Waals surface area (Å²) >= 11 is 1.68. The Labute approximate surface area is 110 Å². The highest BCUT2D eigenvalue weighted by Crippen LogP contribution is 2.33.